The maximum absolute atomic E-state index is 4.24. The molecule has 0 unspecified atom stereocenters. The number of rotatable bonds is 3. The molecule has 0 saturated carbocycles. The molecule has 0 aliphatic heterocycles. The molecule has 0 atom stereocenters. The van der Waals surface area contributed by atoms with E-state index in [1.807, 2.05) is 36.0 Å². The zero-order chi connectivity index (χ0) is 9.80. The molecule has 0 fully saturated rings. The lowest BCUT2D eigenvalue weighted by molar-refractivity contribution is 0.694. The molecule has 0 bridgehead atoms. The van der Waals surface area contributed by atoms with E-state index in [1.54, 1.807) is 6.20 Å². The predicted molar refractivity (Wildman–Crippen MR) is 57.3 cm³/mol. The molecule has 0 aliphatic rings. The van der Waals surface area contributed by atoms with E-state index < -0.39 is 0 Å². The molecule has 3 heteroatoms. The standard InChI is InChI=1S/C11H13N3/c1-12-11-7-8-13-14(11)9-10-5-3-2-4-6-10/h2-8,12H,9H2,1H3. The molecule has 1 aromatic carbocycles. The molecular formula is C11H13N3. The molecule has 3 nitrogen and oxygen atoms in total. The zero-order valence-corrected chi connectivity index (χ0v) is 8.14. The minimum Gasteiger partial charge on any atom is -0.373 e. The van der Waals surface area contributed by atoms with Gasteiger partial charge in [0, 0.05) is 13.1 Å². The summed E-state index contributed by atoms with van der Waals surface area (Å²) in [6.07, 6.45) is 1.80. The molecule has 1 heterocycles. The molecule has 0 saturated heterocycles. The van der Waals surface area contributed by atoms with Crippen LogP contribution in [0.3, 0.4) is 0 Å². The van der Waals surface area contributed by atoms with Crippen LogP contribution in [0.4, 0.5) is 5.82 Å². The van der Waals surface area contributed by atoms with Crippen LogP contribution < -0.4 is 5.32 Å². The van der Waals surface area contributed by atoms with Crippen LogP contribution in [0.15, 0.2) is 42.6 Å². The van der Waals surface area contributed by atoms with Gasteiger partial charge in [-0.2, -0.15) is 5.10 Å². The Morgan fingerprint density at radius 3 is 2.71 bits per heavy atom. The van der Waals surface area contributed by atoms with Gasteiger partial charge in [-0.05, 0) is 5.56 Å². The minimum absolute atomic E-state index is 0.810. The van der Waals surface area contributed by atoms with Gasteiger partial charge >= 0.3 is 0 Å². The average molecular weight is 187 g/mol. The second-order valence-electron chi connectivity index (χ2n) is 3.11. The van der Waals surface area contributed by atoms with Crippen molar-refractivity contribution in [3.63, 3.8) is 0 Å². The van der Waals surface area contributed by atoms with Crippen LogP contribution in [0.1, 0.15) is 5.56 Å². The van der Waals surface area contributed by atoms with Crippen molar-refractivity contribution in [2.24, 2.45) is 0 Å². The van der Waals surface area contributed by atoms with Gasteiger partial charge < -0.3 is 5.32 Å². The van der Waals surface area contributed by atoms with Crippen molar-refractivity contribution >= 4 is 5.82 Å². The Morgan fingerprint density at radius 2 is 2.00 bits per heavy atom. The third-order valence-corrected chi connectivity index (χ3v) is 2.15. The van der Waals surface area contributed by atoms with Gasteiger partial charge in [-0.15, -0.1) is 0 Å². The zero-order valence-electron chi connectivity index (χ0n) is 8.14. The van der Waals surface area contributed by atoms with E-state index in [2.05, 4.69) is 22.5 Å². The Bertz CT molecular complexity index is 392. The van der Waals surface area contributed by atoms with Crippen molar-refractivity contribution in [2.75, 3.05) is 12.4 Å². The summed E-state index contributed by atoms with van der Waals surface area (Å²) >= 11 is 0. The molecule has 2 rings (SSSR count). The molecule has 1 aromatic heterocycles. The lowest BCUT2D eigenvalue weighted by Crippen LogP contribution is -2.05. The SMILES string of the molecule is CNc1ccnn1Cc1ccccc1. The highest BCUT2D eigenvalue weighted by molar-refractivity contribution is 5.33. The third kappa shape index (κ3) is 1.76. The molecule has 0 spiro atoms. The summed E-state index contributed by atoms with van der Waals surface area (Å²) in [7, 11) is 1.90. The molecule has 2 aromatic rings. The van der Waals surface area contributed by atoms with Gasteiger partial charge in [-0.3, -0.25) is 0 Å². The number of anilines is 1. The molecular weight excluding hydrogens is 174 g/mol. The quantitative estimate of drug-likeness (QED) is 0.796. The van der Waals surface area contributed by atoms with E-state index >= 15 is 0 Å². The van der Waals surface area contributed by atoms with Crippen LogP contribution >= 0.6 is 0 Å². The number of nitrogens with one attached hydrogen (secondary N) is 1. The van der Waals surface area contributed by atoms with Crippen LogP contribution in [-0.4, -0.2) is 16.8 Å². The smallest absolute Gasteiger partial charge is 0.124 e. The van der Waals surface area contributed by atoms with Crippen molar-refractivity contribution in [3.8, 4) is 0 Å². The summed E-state index contributed by atoms with van der Waals surface area (Å²) in [5.41, 5.74) is 1.26. The van der Waals surface area contributed by atoms with Crippen molar-refractivity contribution in [2.45, 2.75) is 6.54 Å². The molecule has 0 radical (unpaired) electrons. The highest BCUT2D eigenvalue weighted by Crippen LogP contribution is 2.08. The highest BCUT2D eigenvalue weighted by Gasteiger charge is 1.99. The predicted octanol–water partition coefficient (Wildman–Crippen LogP) is 1.97. The van der Waals surface area contributed by atoms with Gasteiger partial charge in [0.15, 0.2) is 0 Å². The Balaban J connectivity index is 2.19. The van der Waals surface area contributed by atoms with Gasteiger partial charge in [0.05, 0.1) is 12.7 Å². The van der Waals surface area contributed by atoms with E-state index in [4.69, 9.17) is 0 Å². The van der Waals surface area contributed by atoms with Crippen LogP contribution in [0.5, 0.6) is 0 Å². The van der Waals surface area contributed by atoms with Gasteiger partial charge in [0.2, 0.25) is 0 Å². The average Bonchev–Trinajstić information content (AvgIpc) is 2.67. The number of nitrogens with zero attached hydrogens (tertiary/aromatic N) is 2. The lowest BCUT2D eigenvalue weighted by atomic mass is 10.2. The van der Waals surface area contributed by atoms with Crippen molar-refractivity contribution < 1.29 is 0 Å². The minimum atomic E-state index is 0.810. The molecule has 72 valence electrons. The second-order valence-corrected chi connectivity index (χ2v) is 3.11. The van der Waals surface area contributed by atoms with E-state index in [9.17, 15) is 0 Å². The number of hydrogen-bond donors (Lipinski definition) is 1. The first-order valence-corrected chi connectivity index (χ1v) is 4.63. The molecule has 1 N–H and O–H groups in total. The topological polar surface area (TPSA) is 29.9 Å². The number of hydrogen-bond acceptors (Lipinski definition) is 2. The van der Waals surface area contributed by atoms with Crippen LogP contribution in [0.2, 0.25) is 0 Å². The van der Waals surface area contributed by atoms with Gasteiger partial charge in [0.1, 0.15) is 5.82 Å². The Morgan fingerprint density at radius 1 is 1.21 bits per heavy atom. The van der Waals surface area contributed by atoms with Crippen LogP contribution in [-0.2, 0) is 6.54 Å². The van der Waals surface area contributed by atoms with Crippen molar-refractivity contribution in [1.29, 1.82) is 0 Å². The maximum atomic E-state index is 4.24. The van der Waals surface area contributed by atoms with Crippen LogP contribution in [0.25, 0.3) is 0 Å². The molecule has 0 amide bonds. The Kier molecular flexibility index (Phi) is 2.49. The van der Waals surface area contributed by atoms with Gasteiger partial charge in [-0.1, -0.05) is 30.3 Å². The summed E-state index contributed by atoms with van der Waals surface area (Å²) < 4.78 is 1.94. The summed E-state index contributed by atoms with van der Waals surface area (Å²) in [6, 6.07) is 12.3. The first kappa shape index (κ1) is 8.81. The molecule has 0 aliphatic carbocycles. The fourth-order valence-electron chi connectivity index (χ4n) is 1.43. The first-order valence-electron chi connectivity index (χ1n) is 4.63. The van der Waals surface area contributed by atoms with E-state index in [0.717, 1.165) is 12.4 Å². The largest absolute Gasteiger partial charge is 0.373 e. The first-order chi connectivity index (χ1) is 6.90. The third-order valence-electron chi connectivity index (χ3n) is 2.15. The van der Waals surface area contributed by atoms with E-state index in [0.29, 0.717) is 0 Å². The van der Waals surface area contributed by atoms with E-state index in [1.165, 1.54) is 5.56 Å². The van der Waals surface area contributed by atoms with Crippen molar-refractivity contribution in [3.05, 3.63) is 48.2 Å². The number of aromatic nitrogens is 2. The second kappa shape index (κ2) is 3.96. The fourth-order valence-corrected chi connectivity index (χ4v) is 1.43. The van der Waals surface area contributed by atoms with Crippen molar-refractivity contribution in [1.82, 2.24) is 9.78 Å². The Labute approximate surface area is 83.4 Å². The normalized spacial score (nSPS) is 10.1. The summed E-state index contributed by atoms with van der Waals surface area (Å²) in [5, 5.41) is 7.33. The van der Waals surface area contributed by atoms with Gasteiger partial charge in [-0.25, -0.2) is 4.68 Å². The Hall–Kier alpha value is -1.77. The number of benzene rings is 1. The lowest BCUT2D eigenvalue weighted by Gasteiger charge is -2.06. The fraction of sp³-hybridized carbons (Fsp3) is 0.182. The summed E-state index contributed by atoms with van der Waals surface area (Å²) in [4.78, 5) is 0. The molecule has 14 heavy (non-hydrogen) atoms. The summed E-state index contributed by atoms with van der Waals surface area (Å²) in [5.74, 6) is 1.04. The summed E-state index contributed by atoms with van der Waals surface area (Å²) in [6.45, 7) is 0.810. The maximum Gasteiger partial charge on any atom is 0.124 e. The monoisotopic (exact) mass is 187 g/mol. The van der Waals surface area contributed by atoms with Gasteiger partial charge in [0.25, 0.3) is 0 Å². The van der Waals surface area contributed by atoms with E-state index in [-0.39, 0.29) is 0 Å². The van der Waals surface area contributed by atoms with Crippen LogP contribution in [0, 0.1) is 0 Å². The highest BCUT2D eigenvalue weighted by atomic mass is 15.3.